The summed E-state index contributed by atoms with van der Waals surface area (Å²) in [4.78, 5) is 37.5. The van der Waals surface area contributed by atoms with Crippen molar-refractivity contribution in [2.45, 2.75) is 70.0 Å². The normalized spacial score (nSPS) is 28.2. The third-order valence-corrected chi connectivity index (χ3v) is 7.42. The van der Waals surface area contributed by atoms with Crippen molar-refractivity contribution < 1.29 is 9.59 Å². The predicted molar refractivity (Wildman–Crippen MR) is 112 cm³/mol. The maximum Gasteiger partial charge on any atom is 0.256 e. The van der Waals surface area contributed by atoms with Gasteiger partial charge in [-0.15, -0.1) is 0 Å². The second-order valence-electron chi connectivity index (χ2n) is 8.93. The van der Waals surface area contributed by atoms with E-state index >= 15 is 0 Å². The number of pyridine rings is 1. The number of hydrogen-bond acceptors (Lipinski definition) is 4. The Morgan fingerprint density at radius 1 is 1.17 bits per heavy atom. The number of aromatic nitrogens is 1. The zero-order valence-corrected chi connectivity index (χ0v) is 17.8. The summed E-state index contributed by atoms with van der Waals surface area (Å²) in [7, 11) is 1.95. The summed E-state index contributed by atoms with van der Waals surface area (Å²) in [6, 6.07) is 3.76. The van der Waals surface area contributed by atoms with Crippen LogP contribution < -0.4 is 0 Å². The first-order valence-electron chi connectivity index (χ1n) is 11.3. The first-order valence-corrected chi connectivity index (χ1v) is 11.3. The second kappa shape index (κ2) is 8.82. The Balaban J connectivity index is 1.53. The number of nitrogens with zero attached hydrogens (tertiary/aromatic N) is 4. The van der Waals surface area contributed by atoms with E-state index in [9.17, 15) is 9.59 Å². The van der Waals surface area contributed by atoms with E-state index < -0.39 is 0 Å². The highest BCUT2D eigenvalue weighted by molar-refractivity contribution is 5.98. The van der Waals surface area contributed by atoms with Crippen LogP contribution in [-0.2, 0) is 4.79 Å². The summed E-state index contributed by atoms with van der Waals surface area (Å²) >= 11 is 0. The van der Waals surface area contributed by atoms with Crippen molar-refractivity contribution in [3.05, 3.63) is 30.1 Å². The number of carbonyl (C=O) groups excluding carboxylic acids is 2. The molecule has 3 atom stereocenters. The van der Waals surface area contributed by atoms with Gasteiger partial charge in [0.15, 0.2) is 0 Å². The van der Waals surface area contributed by atoms with Crippen LogP contribution in [0.1, 0.15) is 62.2 Å². The van der Waals surface area contributed by atoms with E-state index in [2.05, 4.69) is 16.8 Å². The Hall–Kier alpha value is -1.95. The van der Waals surface area contributed by atoms with Crippen LogP contribution in [0.2, 0.25) is 0 Å². The Labute approximate surface area is 174 Å². The van der Waals surface area contributed by atoms with E-state index in [1.54, 1.807) is 18.5 Å². The third-order valence-electron chi connectivity index (χ3n) is 7.42. The molecule has 6 nitrogen and oxygen atoms in total. The maximum atomic E-state index is 13.6. The molecule has 0 aromatic carbocycles. The van der Waals surface area contributed by atoms with Gasteiger partial charge in [0, 0.05) is 44.6 Å². The predicted octanol–water partition coefficient (Wildman–Crippen LogP) is 2.80. The van der Waals surface area contributed by atoms with Crippen molar-refractivity contribution in [1.29, 1.82) is 0 Å². The zero-order valence-electron chi connectivity index (χ0n) is 17.8. The zero-order chi connectivity index (χ0) is 20.4. The molecule has 1 aromatic heterocycles. The van der Waals surface area contributed by atoms with Gasteiger partial charge in [0.25, 0.3) is 5.91 Å². The van der Waals surface area contributed by atoms with Gasteiger partial charge < -0.3 is 14.7 Å². The molecule has 4 rings (SSSR count). The molecule has 1 aromatic rings. The molecule has 0 unspecified atom stereocenters. The molecule has 2 amide bonds. The minimum Gasteiger partial charge on any atom is -0.341 e. The minimum absolute atomic E-state index is 0.0277. The molecule has 29 heavy (non-hydrogen) atoms. The van der Waals surface area contributed by atoms with Gasteiger partial charge in [-0.3, -0.25) is 14.6 Å². The van der Waals surface area contributed by atoms with Crippen LogP contribution in [0.25, 0.3) is 0 Å². The third kappa shape index (κ3) is 4.04. The summed E-state index contributed by atoms with van der Waals surface area (Å²) in [5.74, 6) is 0.556. The van der Waals surface area contributed by atoms with E-state index in [0.717, 1.165) is 58.2 Å². The monoisotopic (exact) mass is 398 g/mol. The quantitative estimate of drug-likeness (QED) is 0.783. The average Bonchev–Trinajstić information content (AvgIpc) is 3.17. The Bertz CT molecular complexity index is 717. The highest BCUT2D eigenvalue weighted by atomic mass is 16.2. The number of rotatable bonds is 4. The van der Waals surface area contributed by atoms with Gasteiger partial charge in [0.1, 0.15) is 6.04 Å². The molecule has 1 aliphatic carbocycles. The van der Waals surface area contributed by atoms with E-state index in [-0.39, 0.29) is 29.9 Å². The van der Waals surface area contributed by atoms with Crippen LogP contribution in [0.5, 0.6) is 0 Å². The Morgan fingerprint density at radius 3 is 2.62 bits per heavy atom. The molecule has 6 heteroatoms. The number of fused-ring (bicyclic) bond motifs is 1. The van der Waals surface area contributed by atoms with E-state index in [1.165, 1.54) is 6.42 Å². The highest BCUT2D eigenvalue weighted by Gasteiger charge is 2.48. The summed E-state index contributed by atoms with van der Waals surface area (Å²) in [5, 5.41) is 0. The van der Waals surface area contributed by atoms with Crippen LogP contribution in [0.3, 0.4) is 0 Å². The molecule has 3 aliphatic rings. The maximum absolute atomic E-state index is 13.6. The van der Waals surface area contributed by atoms with Crippen LogP contribution in [0.4, 0.5) is 0 Å². The van der Waals surface area contributed by atoms with Gasteiger partial charge in [-0.1, -0.05) is 19.8 Å². The molecule has 0 N–H and O–H groups in total. The molecule has 158 valence electrons. The van der Waals surface area contributed by atoms with Gasteiger partial charge >= 0.3 is 0 Å². The molecule has 3 heterocycles. The van der Waals surface area contributed by atoms with Crippen molar-refractivity contribution >= 4 is 11.8 Å². The summed E-state index contributed by atoms with van der Waals surface area (Å²) in [6.45, 7) is 5.36. The number of hydrogen-bond donors (Lipinski definition) is 0. The lowest BCUT2D eigenvalue weighted by molar-refractivity contribution is -0.137. The topological polar surface area (TPSA) is 56.8 Å². The van der Waals surface area contributed by atoms with Crippen molar-refractivity contribution in [3.63, 3.8) is 0 Å². The molecule has 0 spiro atoms. The van der Waals surface area contributed by atoms with Gasteiger partial charge in [-0.25, -0.2) is 0 Å². The molecule has 2 saturated heterocycles. The van der Waals surface area contributed by atoms with E-state index in [1.807, 2.05) is 22.9 Å². The van der Waals surface area contributed by atoms with Crippen LogP contribution in [-0.4, -0.2) is 76.3 Å². The summed E-state index contributed by atoms with van der Waals surface area (Å²) in [6.07, 6.45) is 10.7. The molecular formula is C23H34N4O2. The SMILES string of the molecule is CCN1CCC(N(C)C(=O)[C@@H]2C[C@@H]3CCCC[C@H]3N2C(=O)c2cccnc2)CC1. The number of carbonyl (C=O) groups is 2. The lowest BCUT2D eigenvalue weighted by atomic mass is 9.84. The van der Waals surface area contributed by atoms with Crippen LogP contribution >= 0.6 is 0 Å². The highest BCUT2D eigenvalue weighted by Crippen LogP contribution is 2.41. The molecule has 2 aliphatic heterocycles. The number of likely N-dealkylation sites (N-methyl/N-ethyl adjacent to an activating group) is 1. The number of piperidine rings is 1. The Kier molecular flexibility index (Phi) is 6.18. The lowest BCUT2D eigenvalue weighted by Gasteiger charge is -2.39. The van der Waals surface area contributed by atoms with E-state index in [0.29, 0.717) is 11.5 Å². The van der Waals surface area contributed by atoms with Gasteiger partial charge in [-0.2, -0.15) is 0 Å². The molecule has 3 fully saturated rings. The summed E-state index contributed by atoms with van der Waals surface area (Å²) < 4.78 is 0. The molecule has 0 bridgehead atoms. The fourth-order valence-corrected chi connectivity index (χ4v) is 5.65. The number of amides is 2. The lowest BCUT2D eigenvalue weighted by Crippen LogP contribution is -2.53. The Morgan fingerprint density at radius 2 is 1.93 bits per heavy atom. The van der Waals surface area contributed by atoms with Crippen molar-refractivity contribution in [2.75, 3.05) is 26.7 Å². The fourth-order valence-electron chi connectivity index (χ4n) is 5.65. The van der Waals surface area contributed by atoms with E-state index in [4.69, 9.17) is 0 Å². The van der Waals surface area contributed by atoms with Crippen molar-refractivity contribution in [1.82, 2.24) is 19.7 Å². The van der Waals surface area contributed by atoms with Crippen molar-refractivity contribution in [2.24, 2.45) is 5.92 Å². The molecular weight excluding hydrogens is 364 g/mol. The number of likely N-dealkylation sites (tertiary alicyclic amines) is 2. The minimum atomic E-state index is -0.329. The molecule has 0 radical (unpaired) electrons. The second-order valence-corrected chi connectivity index (χ2v) is 8.93. The van der Waals surface area contributed by atoms with Gasteiger partial charge in [0.2, 0.25) is 5.91 Å². The largest absolute Gasteiger partial charge is 0.341 e. The first kappa shape index (κ1) is 20.3. The fraction of sp³-hybridized carbons (Fsp3) is 0.696. The average molecular weight is 399 g/mol. The van der Waals surface area contributed by atoms with Gasteiger partial charge in [-0.05, 0) is 56.7 Å². The summed E-state index contributed by atoms with van der Waals surface area (Å²) in [5.41, 5.74) is 0.593. The molecule has 1 saturated carbocycles. The standard InChI is InChI=1S/C23H34N4O2/c1-3-26-13-10-19(11-14-26)25(2)23(29)21-15-17-7-4-5-9-20(17)27(21)22(28)18-8-6-12-24-16-18/h6,8,12,16-17,19-21H,3-5,7,9-11,13-15H2,1-2H3/t17-,20+,21-/m0/s1. The van der Waals surface area contributed by atoms with Crippen LogP contribution in [0, 0.1) is 5.92 Å². The van der Waals surface area contributed by atoms with Crippen molar-refractivity contribution in [3.8, 4) is 0 Å². The van der Waals surface area contributed by atoms with Crippen LogP contribution in [0.15, 0.2) is 24.5 Å². The van der Waals surface area contributed by atoms with Gasteiger partial charge in [0.05, 0.1) is 5.56 Å². The smallest absolute Gasteiger partial charge is 0.256 e. The first-order chi connectivity index (χ1) is 14.1.